The fourth-order valence-corrected chi connectivity index (χ4v) is 8.37. The molecule has 1 aromatic rings. The summed E-state index contributed by atoms with van der Waals surface area (Å²) in [7, 11) is 0. The molecule has 7 atom stereocenters. The van der Waals surface area contributed by atoms with Gasteiger partial charge in [0.25, 0.3) is 0 Å². The zero-order valence-electron chi connectivity index (χ0n) is 22.9. The van der Waals surface area contributed by atoms with E-state index < -0.39 is 5.54 Å². The van der Waals surface area contributed by atoms with Crippen molar-refractivity contribution in [2.24, 2.45) is 34.2 Å². The molecule has 7 nitrogen and oxygen atoms in total. The van der Waals surface area contributed by atoms with E-state index in [1.165, 1.54) is 6.92 Å². The highest BCUT2D eigenvalue weighted by Crippen LogP contribution is 2.61. The van der Waals surface area contributed by atoms with E-state index >= 15 is 0 Å². The summed E-state index contributed by atoms with van der Waals surface area (Å²) in [4.78, 5) is 25.0. The van der Waals surface area contributed by atoms with Crippen molar-refractivity contribution in [3.63, 3.8) is 0 Å². The summed E-state index contributed by atoms with van der Waals surface area (Å²) in [5.41, 5.74) is 5.43. The Morgan fingerprint density at radius 3 is 2.63 bits per heavy atom. The molecule has 1 aromatic carbocycles. The maximum atomic E-state index is 13.5. The predicted molar refractivity (Wildman–Crippen MR) is 153 cm³/mol. The lowest BCUT2D eigenvalue weighted by Crippen LogP contribution is -2.54. The summed E-state index contributed by atoms with van der Waals surface area (Å²) < 4.78 is 5.61. The van der Waals surface area contributed by atoms with Crippen molar-refractivity contribution < 1.29 is 14.3 Å². The SMILES string of the molecule is CC(=O)O[C@H]1CC[C@@]2(C)[C@@H](CC[C@@H]3[C@@H]2CC(=O)N[C@]2(C)C(/C(C)=N/NC(=S)Nc4ccccc4)=CC[C@@H]32)C1. The molecule has 4 aliphatic rings. The number of anilines is 1. The summed E-state index contributed by atoms with van der Waals surface area (Å²) in [6.07, 6.45) is 8.82. The summed E-state index contributed by atoms with van der Waals surface area (Å²) in [5.74, 6) is 1.54. The second kappa shape index (κ2) is 10.4. The standard InChI is InChI=1S/C30H40N4O3S/c1-18(33-34-28(38)31-21-8-6-5-7-9-21)24-12-13-25-23-11-10-20-16-22(37-19(2)35)14-15-29(20,3)26(23)17-27(36)32-30(24,25)4/h5-9,12,20,22-23,25-26H,10-11,13-17H2,1-4H3,(H,32,36)(H2,31,34,38)/b33-18+/t20-,22-,23-,25-,26-,29-,30+/m0/s1. The molecule has 1 amide bonds. The van der Waals surface area contributed by atoms with E-state index in [4.69, 9.17) is 17.0 Å². The quantitative estimate of drug-likeness (QED) is 0.208. The first-order valence-corrected chi connectivity index (χ1v) is 14.4. The van der Waals surface area contributed by atoms with Gasteiger partial charge in [0, 0.05) is 19.0 Å². The highest BCUT2D eigenvalue weighted by molar-refractivity contribution is 7.80. The molecule has 204 valence electrons. The third kappa shape index (κ3) is 4.99. The van der Waals surface area contributed by atoms with Crippen molar-refractivity contribution in [2.45, 2.75) is 84.3 Å². The third-order valence-electron chi connectivity index (χ3n) is 9.97. The van der Waals surface area contributed by atoms with Crippen molar-refractivity contribution in [1.82, 2.24) is 10.7 Å². The molecule has 0 spiro atoms. The van der Waals surface area contributed by atoms with Crippen LogP contribution in [0.15, 0.2) is 47.1 Å². The highest BCUT2D eigenvalue weighted by Gasteiger charge is 2.59. The average molecular weight is 537 g/mol. The lowest BCUT2D eigenvalue weighted by Gasteiger charge is -2.56. The first kappa shape index (κ1) is 26.9. The monoisotopic (exact) mass is 536 g/mol. The first-order chi connectivity index (χ1) is 18.1. The first-order valence-electron chi connectivity index (χ1n) is 14.0. The van der Waals surface area contributed by atoms with Gasteiger partial charge in [0.15, 0.2) is 5.11 Å². The molecule has 1 aliphatic heterocycles. The van der Waals surface area contributed by atoms with Gasteiger partial charge in [-0.2, -0.15) is 5.10 Å². The highest BCUT2D eigenvalue weighted by atomic mass is 32.1. The Labute approximate surface area is 231 Å². The number of hydrogen-bond acceptors (Lipinski definition) is 5. The topological polar surface area (TPSA) is 91.8 Å². The maximum absolute atomic E-state index is 13.5. The van der Waals surface area contributed by atoms with Crippen LogP contribution < -0.4 is 16.1 Å². The van der Waals surface area contributed by atoms with E-state index in [1.807, 2.05) is 37.3 Å². The van der Waals surface area contributed by atoms with Gasteiger partial charge < -0.3 is 15.4 Å². The summed E-state index contributed by atoms with van der Waals surface area (Å²) in [5, 5.41) is 11.6. The van der Waals surface area contributed by atoms with Gasteiger partial charge in [-0.15, -0.1) is 0 Å². The molecule has 2 saturated carbocycles. The second-order valence-electron chi connectivity index (χ2n) is 12.1. The largest absolute Gasteiger partial charge is 0.463 e. The van der Waals surface area contributed by atoms with E-state index in [0.717, 1.165) is 55.5 Å². The Kier molecular flexibility index (Phi) is 7.37. The molecule has 38 heavy (non-hydrogen) atoms. The van der Waals surface area contributed by atoms with Crippen molar-refractivity contribution in [1.29, 1.82) is 0 Å². The minimum Gasteiger partial charge on any atom is -0.463 e. The molecule has 0 aromatic heterocycles. The number of carbonyl (C=O) groups is 2. The number of hydrogen-bond donors (Lipinski definition) is 3. The van der Waals surface area contributed by atoms with Crippen LogP contribution >= 0.6 is 12.2 Å². The number of hydrazone groups is 1. The van der Waals surface area contributed by atoms with E-state index in [-0.39, 0.29) is 23.4 Å². The molecule has 3 aliphatic carbocycles. The van der Waals surface area contributed by atoms with Gasteiger partial charge in [-0.05, 0) is 111 Å². The molecule has 0 bridgehead atoms. The Bertz CT molecular complexity index is 1170. The van der Waals surface area contributed by atoms with Gasteiger partial charge in [-0.1, -0.05) is 31.2 Å². The zero-order valence-corrected chi connectivity index (χ0v) is 23.7. The third-order valence-corrected chi connectivity index (χ3v) is 10.2. The number of allylic oxidation sites excluding steroid dienone is 1. The number of fused-ring (bicyclic) bond motifs is 5. The summed E-state index contributed by atoms with van der Waals surface area (Å²) >= 11 is 5.44. The van der Waals surface area contributed by atoms with Crippen LogP contribution in [0.2, 0.25) is 0 Å². The average Bonchev–Trinajstić information content (AvgIpc) is 3.14. The predicted octanol–water partition coefficient (Wildman–Crippen LogP) is 5.34. The maximum Gasteiger partial charge on any atom is 0.302 e. The molecule has 8 heteroatoms. The molecule has 0 radical (unpaired) electrons. The number of rotatable bonds is 4. The van der Waals surface area contributed by atoms with Crippen LogP contribution in [-0.2, 0) is 14.3 Å². The number of para-hydroxylation sites is 1. The number of ether oxygens (including phenoxy) is 1. The van der Waals surface area contributed by atoms with E-state index in [0.29, 0.717) is 35.2 Å². The molecule has 3 fully saturated rings. The molecule has 3 N–H and O–H groups in total. The number of nitrogens with one attached hydrogen (secondary N) is 3. The van der Waals surface area contributed by atoms with Crippen LogP contribution in [0.5, 0.6) is 0 Å². The van der Waals surface area contributed by atoms with Crippen LogP contribution in [0.1, 0.15) is 72.6 Å². The number of esters is 1. The van der Waals surface area contributed by atoms with Crippen molar-refractivity contribution >= 4 is 40.6 Å². The van der Waals surface area contributed by atoms with Crippen LogP contribution in [0.25, 0.3) is 0 Å². The van der Waals surface area contributed by atoms with E-state index in [9.17, 15) is 9.59 Å². The lowest BCUT2D eigenvalue weighted by atomic mass is 9.49. The fourth-order valence-electron chi connectivity index (χ4n) is 8.20. The van der Waals surface area contributed by atoms with Gasteiger partial charge in [-0.25, -0.2) is 0 Å². The van der Waals surface area contributed by atoms with Crippen molar-refractivity contribution in [3.05, 3.63) is 42.0 Å². The molecular formula is C30H40N4O3S. The van der Waals surface area contributed by atoms with Gasteiger partial charge in [-0.3, -0.25) is 15.0 Å². The Balaban J connectivity index is 1.32. The summed E-state index contributed by atoms with van der Waals surface area (Å²) in [6.45, 7) is 8.07. The molecule has 0 unspecified atom stereocenters. The molecule has 1 heterocycles. The van der Waals surface area contributed by atoms with E-state index in [1.54, 1.807) is 0 Å². The van der Waals surface area contributed by atoms with Gasteiger partial charge in [0.05, 0.1) is 11.3 Å². The minimum absolute atomic E-state index is 0.0144. The number of carbonyl (C=O) groups excluding carboxylic acids is 2. The van der Waals surface area contributed by atoms with Crippen LogP contribution in [0, 0.1) is 29.1 Å². The van der Waals surface area contributed by atoms with Crippen LogP contribution in [-0.4, -0.2) is 34.3 Å². The molecule has 5 rings (SSSR count). The van der Waals surface area contributed by atoms with Gasteiger partial charge in [0.2, 0.25) is 5.91 Å². The van der Waals surface area contributed by atoms with Crippen LogP contribution in [0.3, 0.4) is 0 Å². The molecule has 1 saturated heterocycles. The van der Waals surface area contributed by atoms with Gasteiger partial charge >= 0.3 is 5.97 Å². The summed E-state index contributed by atoms with van der Waals surface area (Å²) in [6, 6.07) is 9.76. The van der Waals surface area contributed by atoms with E-state index in [2.05, 4.69) is 41.1 Å². The van der Waals surface area contributed by atoms with Crippen LogP contribution in [0.4, 0.5) is 5.69 Å². The minimum atomic E-state index is -0.460. The number of thiocarbonyl (C=S) groups is 1. The van der Waals surface area contributed by atoms with Crippen molar-refractivity contribution in [2.75, 3.05) is 5.32 Å². The second-order valence-corrected chi connectivity index (χ2v) is 12.5. The Hall–Kier alpha value is -2.74. The smallest absolute Gasteiger partial charge is 0.302 e. The van der Waals surface area contributed by atoms with Gasteiger partial charge in [0.1, 0.15) is 6.10 Å². The Morgan fingerprint density at radius 1 is 1.13 bits per heavy atom. The fraction of sp³-hybridized carbons (Fsp3) is 0.600. The number of benzene rings is 1. The lowest BCUT2D eigenvalue weighted by molar-refractivity contribution is -0.155. The number of amides is 1. The molecular weight excluding hydrogens is 496 g/mol. The van der Waals surface area contributed by atoms with Crippen molar-refractivity contribution in [3.8, 4) is 0 Å². The Morgan fingerprint density at radius 2 is 1.89 bits per heavy atom. The normalized spacial score (nSPS) is 36.4. The number of nitrogens with zero attached hydrogens (tertiary/aromatic N) is 1. The zero-order chi connectivity index (χ0) is 27.1.